The number of carboxylic acid groups (broad SMARTS) is 1. The summed E-state index contributed by atoms with van der Waals surface area (Å²) in [6.45, 7) is 1.92. The monoisotopic (exact) mass is 253 g/mol. The van der Waals surface area contributed by atoms with E-state index in [1.165, 1.54) is 0 Å². The zero-order valence-corrected chi connectivity index (χ0v) is 9.96. The molecule has 0 unspecified atom stereocenters. The van der Waals surface area contributed by atoms with Crippen molar-refractivity contribution in [2.45, 2.75) is 19.4 Å². The molecule has 1 aromatic rings. The first-order valence-corrected chi connectivity index (χ1v) is 5.45. The van der Waals surface area contributed by atoms with Gasteiger partial charge in [-0.3, -0.25) is 4.79 Å². The van der Waals surface area contributed by atoms with Gasteiger partial charge in [0, 0.05) is 0 Å². The Morgan fingerprint density at radius 2 is 1.94 bits per heavy atom. The van der Waals surface area contributed by atoms with Crippen LogP contribution in [0.3, 0.4) is 0 Å². The number of carbonyl (C=O) groups excluding carboxylic acids is 1. The number of ether oxygens (including phenoxy) is 2. The van der Waals surface area contributed by atoms with Crippen molar-refractivity contribution < 1.29 is 24.2 Å². The van der Waals surface area contributed by atoms with E-state index in [4.69, 9.17) is 15.6 Å². The van der Waals surface area contributed by atoms with Crippen LogP contribution >= 0.6 is 0 Å². The summed E-state index contributed by atoms with van der Waals surface area (Å²) in [4.78, 5) is 21.6. The van der Waals surface area contributed by atoms with Crippen molar-refractivity contribution in [1.82, 2.24) is 0 Å². The highest BCUT2D eigenvalue weighted by Crippen LogP contribution is 2.13. The molecule has 1 aromatic carbocycles. The van der Waals surface area contributed by atoms with Gasteiger partial charge in [-0.2, -0.15) is 0 Å². The molecule has 98 valence electrons. The van der Waals surface area contributed by atoms with Gasteiger partial charge in [-0.25, -0.2) is 4.79 Å². The van der Waals surface area contributed by atoms with Gasteiger partial charge < -0.3 is 20.3 Å². The van der Waals surface area contributed by atoms with E-state index in [-0.39, 0.29) is 13.0 Å². The molecule has 0 heterocycles. The number of nitrogens with two attached hydrogens (primary N) is 1. The number of carboxylic acids is 1. The lowest BCUT2D eigenvalue weighted by Crippen LogP contribution is -2.32. The van der Waals surface area contributed by atoms with Gasteiger partial charge in [-0.15, -0.1) is 0 Å². The minimum Gasteiger partial charge on any atom is -0.480 e. The van der Waals surface area contributed by atoms with Gasteiger partial charge in [0.1, 0.15) is 11.8 Å². The minimum atomic E-state index is -1.05. The number of hydrogen-bond donors (Lipinski definition) is 2. The normalized spacial score (nSPS) is 11.7. The molecule has 0 aliphatic heterocycles. The number of carbonyl (C=O) groups is 2. The maximum Gasteiger partial charge on any atom is 0.513 e. The molecule has 6 nitrogen and oxygen atoms in total. The Hall–Kier alpha value is -2.08. The van der Waals surface area contributed by atoms with Crippen LogP contribution in [-0.2, 0) is 16.0 Å². The average Bonchev–Trinajstić information content (AvgIpc) is 2.31. The fourth-order valence-corrected chi connectivity index (χ4v) is 1.28. The molecule has 0 saturated heterocycles. The van der Waals surface area contributed by atoms with Gasteiger partial charge >= 0.3 is 12.1 Å². The van der Waals surface area contributed by atoms with Gasteiger partial charge in [0.25, 0.3) is 0 Å². The fourth-order valence-electron chi connectivity index (χ4n) is 1.28. The average molecular weight is 253 g/mol. The first-order chi connectivity index (χ1) is 8.52. The molecule has 3 N–H and O–H groups in total. The van der Waals surface area contributed by atoms with Crippen LogP contribution in [0.4, 0.5) is 4.79 Å². The molecule has 1 atom stereocenters. The standard InChI is InChI=1S/C12H15NO5/c1-2-17-12(16)18-9-5-3-8(4-6-9)7-10(13)11(14)15/h3-6,10H,2,7,13H2,1H3,(H,14,15)/t10-/m0/s1. The second-order valence-electron chi connectivity index (χ2n) is 3.58. The number of hydrogen-bond acceptors (Lipinski definition) is 5. The van der Waals surface area contributed by atoms with Gasteiger partial charge in [-0.1, -0.05) is 12.1 Å². The summed E-state index contributed by atoms with van der Waals surface area (Å²) in [5, 5.41) is 8.67. The summed E-state index contributed by atoms with van der Waals surface area (Å²) in [6, 6.07) is 5.47. The molecule has 0 fully saturated rings. The lowest BCUT2D eigenvalue weighted by atomic mass is 10.1. The zero-order chi connectivity index (χ0) is 13.5. The van der Waals surface area contributed by atoms with Crippen molar-refractivity contribution in [1.29, 1.82) is 0 Å². The van der Waals surface area contributed by atoms with Crippen LogP contribution in [0.2, 0.25) is 0 Å². The van der Waals surface area contributed by atoms with Crippen LogP contribution in [0.25, 0.3) is 0 Å². The van der Waals surface area contributed by atoms with E-state index in [1.807, 2.05) is 0 Å². The van der Waals surface area contributed by atoms with Crippen LogP contribution in [0.5, 0.6) is 5.75 Å². The van der Waals surface area contributed by atoms with Crippen molar-refractivity contribution in [3.8, 4) is 5.75 Å². The Morgan fingerprint density at radius 3 is 2.44 bits per heavy atom. The lowest BCUT2D eigenvalue weighted by molar-refractivity contribution is -0.138. The molecule has 0 aliphatic carbocycles. The van der Waals surface area contributed by atoms with Crippen LogP contribution in [-0.4, -0.2) is 29.9 Å². The summed E-state index contributed by atoms with van der Waals surface area (Å²) < 4.78 is 9.47. The third-order valence-electron chi connectivity index (χ3n) is 2.16. The molecule has 0 bridgehead atoms. The third kappa shape index (κ3) is 4.42. The maximum absolute atomic E-state index is 11.0. The molecule has 0 aromatic heterocycles. The second-order valence-corrected chi connectivity index (χ2v) is 3.58. The molecular formula is C12H15NO5. The van der Waals surface area contributed by atoms with E-state index in [0.717, 1.165) is 5.56 Å². The van der Waals surface area contributed by atoms with Crippen molar-refractivity contribution in [3.63, 3.8) is 0 Å². The predicted molar refractivity (Wildman–Crippen MR) is 63.4 cm³/mol. The first-order valence-electron chi connectivity index (χ1n) is 5.45. The molecule has 0 amide bonds. The van der Waals surface area contributed by atoms with Crippen molar-refractivity contribution >= 4 is 12.1 Å². The van der Waals surface area contributed by atoms with E-state index in [1.54, 1.807) is 31.2 Å². The highest BCUT2D eigenvalue weighted by Gasteiger charge is 2.12. The zero-order valence-electron chi connectivity index (χ0n) is 9.96. The third-order valence-corrected chi connectivity index (χ3v) is 2.16. The van der Waals surface area contributed by atoms with E-state index < -0.39 is 18.2 Å². The summed E-state index contributed by atoms with van der Waals surface area (Å²) >= 11 is 0. The highest BCUT2D eigenvalue weighted by atomic mass is 16.7. The number of rotatable bonds is 5. The minimum absolute atomic E-state index is 0.217. The SMILES string of the molecule is CCOC(=O)Oc1ccc(C[C@H](N)C(=O)O)cc1. The quantitative estimate of drug-likeness (QED) is 0.603. The predicted octanol–water partition coefficient (Wildman–Crippen LogP) is 1.18. The molecule has 1 rings (SSSR count). The first kappa shape index (κ1) is 14.0. The Kier molecular flexibility index (Phi) is 5.13. The number of benzene rings is 1. The summed E-state index contributed by atoms with van der Waals surface area (Å²) in [5.74, 6) is -0.719. The lowest BCUT2D eigenvalue weighted by Gasteiger charge is -2.07. The molecule has 18 heavy (non-hydrogen) atoms. The Bertz CT molecular complexity index is 415. The second kappa shape index (κ2) is 6.61. The van der Waals surface area contributed by atoms with Gasteiger partial charge in [0.2, 0.25) is 0 Å². The number of aliphatic carboxylic acids is 1. The van der Waals surface area contributed by atoms with Crippen molar-refractivity contribution in [3.05, 3.63) is 29.8 Å². The van der Waals surface area contributed by atoms with E-state index >= 15 is 0 Å². The fraction of sp³-hybridized carbons (Fsp3) is 0.333. The Labute approximate surface area is 104 Å². The molecule has 0 radical (unpaired) electrons. The molecule has 0 aliphatic rings. The van der Waals surface area contributed by atoms with E-state index in [2.05, 4.69) is 4.74 Å². The van der Waals surface area contributed by atoms with Crippen molar-refractivity contribution in [2.24, 2.45) is 5.73 Å². The largest absolute Gasteiger partial charge is 0.513 e. The van der Waals surface area contributed by atoms with Gasteiger partial charge in [-0.05, 0) is 31.0 Å². The topological polar surface area (TPSA) is 98.9 Å². The summed E-state index contributed by atoms with van der Waals surface area (Å²) in [7, 11) is 0. The van der Waals surface area contributed by atoms with Crippen LogP contribution < -0.4 is 10.5 Å². The maximum atomic E-state index is 11.0. The molecule has 0 saturated carbocycles. The Balaban J connectivity index is 2.57. The van der Waals surface area contributed by atoms with E-state index in [9.17, 15) is 9.59 Å². The van der Waals surface area contributed by atoms with Gasteiger partial charge in [0.15, 0.2) is 0 Å². The molecule has 0 spiro atoms. The summed E-state index contributed by atoms with van der Waals surface area (Å²) in [5.41, 5.74) is 6.15. The highest BCUT2D eigenvalue weighted by molar-refractivity contribution is 5.73. The van der Waals surface area contributed by atoms with Crippen LogP contribution in [0.15, 0.2) is 24.3 Å². The van der Waals surface area contributed by atoms with Gasteiger partial charge in [0.05, 0.1) is 6.61 Å². The smallest absolute Gasteiger partial charge is 0.480 e. The Morgan fingerprint density at radius 1 is 1.33 bits per heavy atom. The van der Waals surface area contributed by atoms with E-state index in [0.29, 0.717) is 5.75 Å². The molecule has 6 heteroatoms. The van der Waals surface area contributed by atoms with Crippen molar-refractivity contribution in [2.75, 3.05) is 6.61 Å². The molecular weight excluding hydrogens is 238 g/mol. The van der Waals surface area contributed by atoms with Crippen LogP contribution in [0.1, 0.15) is 12.5 Å². The van der Waals surface area contributed by atoms with Crippen LogP contribution in [0, 0.1) is 0 Å². The summed E-state index contributed by atoms with van der Waals surface area (Å²) in [6.07, 6.45) is -0.554.